The number of rotatable bonds is 8. The van der Waals surface area contributed by atoms with Crippen molar-refractivity contribution in [2.24, 2.45) is 0 Å². The molecule has 0 radical (unpaired) electrons. The summed E-state index contributed by atoms with van der Waals surface area (Å²) in [7, 11) is 1.65. The summed E-state index contributed by atoms with van der Waals surface area (Å²) in [6.45, 7) is 4.56. The summed E-state index contributed by atoms with van der Waals surface area (Å²) in [5, 5.41) is 6.27. The second-order valence-electron chi connectivity index (χ2n) is 7.00. The van der Waals surface area contributed by atoms with Crippen molar-refractivity contribution in [3.05, 3.63) is 81.8 Å². The average Bonchev–Trinajstić information content (AvgIpc) is 2.74. The first-order valence-corrected chi connectivity index (χ1v) is 10.4. The Morgan fingerprint density at radius 1 is 1.00 bits per heavy atom. The van der Waals surface area contributed by atoms with E-state index in [1.165, 1.54) is 0 Å². The summed E-state index contributed by atoms with van der Waals surface area (Å²) in [4.78, 5) is 12.3. The van der Waals surface area contributed by atoms with Gasteiger partial charge in [-0.3, -0.25) is 4.79 Å². The van der Waals surface area contributed by atoms with E-state index in [1.54, 1.807) is 7.11 Å². The van der Waals surface area contributed by atoms with Crippen LogP contribution in [0.1, 0.15) is 16.7 Å². The van der Waals surface area contributed by atoms with Crippen LogP contribution in [0, 0.1) is 13.8 Å². The van der Waals surface area contributed by atoms with Crippen LogP contribution in [0.3, 0.4) is 0 Å². The van der Waals surface area contributed by atoms with Crippen LogP contribution in [-0.2, 0) is 11.3 Å². The maximum atomic E-state index is 12.3. The molecule has 0 aliphatic carbocycles. The van der Waals surface area contributed by atoms with Gasteiger partial charge in [-0.25, -0.2) is 0 Å². The molecule has 0 bridgehead atoms. The van der Waals surface area contributed by atoms with Crippen LogP contribution in [0.5, 0.6) is 11.5 Å². The van der Waals surface area contributed by atoms with E-state index >= 15 is 0 Å². The van der Waals surface area contributed by atoms with Crippen molar-refractivity contribution in [1.29, 1.82) is 0 Å². The molecule has 0 aliphatic rings. The molecule has 0 fully saturated rings. The second-order valence-corrected chi connectivity index (χ2v) is 7.86. The van der Waals surface area contributed by atoms with Crippen LogP contribution < -0.4 is 20.1 Å². The van der Waals surface area contributed by atoms with Crippen molar-refractivity contribution < 1.29 is 14.3 Å². The third kappa shape index (κ3) is 6.00. The van der Waals surface area contributed by atoms with Gasteiger partial charge in [0, 0.05) is 17.9 Å². The Bertz CT molecular complexity index is 1020. The number of hydrogen-bond acceptors (Lipinski definition) is 4. The molecule has 5 nitrogen and oxygen atoms in total. The Morgan fingerprint density at radius 2 is 1.77 bits per heavy atom. The zero-order valence-corrected chi connectivity index (χ0v) is 18.9. The fourth-order valence-corrected chi connectivity index (χ4v) is 3.43. The van der Waals surface area contributed by atoms with Crippen molar-refractivity contribution in [1.82, 2.24) is 0 Å². The summed E-state index contributed by atoms with van der Waals surface area (Å²) in [5.41, 5.74) is 5.02. The molecule has 3 aromatic rings. The molecule has 0 spiro atoms. The number of ether oxygens (including phenoxy) is 2. The van der Waals surface area contributed by atoms with E-state index in [2.05, 4.69) is 26.6 Å². The molecule has 0 atom stereocenters. The number of carbonyl (C=O) groups excluding carboxylic acids is 1. The zero-order chi connectivity index (χ0) is 21.5. The highest BCUT2D eigenvalue weighted by Gasteiger charge is 2.09. The number of methoxy groups -OCH3 is 1. The number of halogens is 1. The van der Waals surface area contributed by atoms with Crippen LogP contribution >= 0.6 is 15.9 Å². The first-order chi connectivity index (χ1) is 14.4. The topological polar surface area (TPSA) is 59.6 Å². The molecular weight excluding hydrogens is 444 g/mol. The number of benzene rings is 3. The fraction of sp³-hybridized carbons (Fsp3) is 0.208. The van der Waals surface area contributed by atoms with E-state index in [0.717, 1.165) is 38.3 Å². The molecule has 30 heavy (non-hydrogen) atoms. The summed E-state index contributed by atoms with van der Waals surface area (Å²) in [5.74, 6) is 1.26. The van der Waals surface area contributed by atoms with E-state index in [-0.39, 0.29) is 12.5 Å². The molecule has 0 heterocycles. The van der Waals surface area contributed by atoms with Gasteiger partial charge in [-0.15, -0.1) is 0 Å². The Balaban J connectivity index is 1.53. The van der Waals surface area contributed by atoms with Gasteiger partial charge in [-0.2, -0.15) is 0 Å². The molecule has 2 N–H and O–H groups in total. The summed E-state index contributed by atoms with van der Waals surface area (Å²) in [6, 6.07) is 19.5. The highest BCUT2D eigenvalue weighted by Crippen LogP contribution is 2.27. The lowest BCUT2D eigenvalue weighted by Crippen LogP contribution is -2.20. The van der Waals surface area contributed by atoms with Crippen molar-refractivity contribution in [3.8, 4) is 11.5 Å². The predicted octanol–water partition coefficient (Wildman–Crippen LogP) is 5.70. The van der Waals surface area contributed by atoms with Gasteiger partial charge in [-0.05, 0) is 88.9 Å². The van der Waals surface area contributed by atoms with Crippen LogP contribution in [0.15, 0.2) is 65.1 Å². The number of hydrogen-bond donors (Lipinski definition) is 2. The summed E-state index contributed by atoms with van der Waals surface area (Å²) in [6.07, 6.45) is 0. The van der Waals surface area contributed by atoms with Gasteiger partial charge < -0.3 is 20.1 Å². The van der Waals surface area contributed by atoms with Gasteiger partial charge in [-0.1, -0.05) is 18.2 Å². The van der Waals surface area contributed by atoms with Gasteiger partial charge in [0.1, 0.15) is 11.5 Å². The largest absolute Gasteiger partial charge is 0.497 e. The molecule has 3 aromatic carbocycles. The van der Waals surface area contributed by atoms with Gasteiger partial charge in [0.15, 0.2) is 6.61 Å². The van der Waals surface area contributed by atoms with Crippen molar-refractivity contribution in [2.45, 2.75) is 20.4 Å². The average molecular weight is 469 g/mol. The molecule has 1 amide bonds. The SMILES string of the molecule is COc1ccc(NCc2ccc(OCC(=O)Nc3cc(C)ccc3C)c(Br)c2)cc1. The molecule has 0 unspecified atom stereocenters. The minimum atomic E-state index is -0.194. The number of carbonyl (C=O) groups is 1. The highest BCUT2D eigenvalue weighted by atomic mass is 79.9. The molecule has 0 aliphatic heterocycles. The van der Waals surface area contributed by atoms with E-state index < -0.39 is 0 Å². The molecule has 6 heteroatoms. The van der Waals surface area contributed by atoms with Crippen LogP contribution in [0.4, 0.5) is 11.4 Å². The van der Waals surface area contributed by atoms with Crippen molar-refractivity contribution in [3.63, 3.8) is 0 Å². The number of amides is 1. The Kier molecular flexibility index (Phi) is 7.36. The van der Waals surface area contributed by atoms with Crippen LogP contribution in [0.25, 0.3) is 0 Å². The lowest BCUT2D eigenvalue weighted by atomic mass is 10.1. The number of aryl methyl sites for hydroxylation is 2. The zero-order valence-electron chi connectivity index (χ0n) is 17.3. The van der Waals surface area contributed by atoms with E-state index in [0.29, 0.717) is 12.3 Å². The maximum Gasteiger partial charge on any atom is 0.262 e. The lowest BCUT2D eigenvalue weighted by Gasteiger charge is -2.12. The van der Waals surface area contributed by atoms with E-state index in [9.17, 15) is 4.79 Å². The lowest BCUT2D eigenvalue weighted by molar-refractivity contribution is -0.118. The number of anilines is 2. The standard InChI is InChI=1S/C24H25BrN2O3/c1-16-4-5-17(2)22(12-16)27-24(28)15-30-23-11-6-18(13-21(23)25)14-26-19-7-9-20(29-3)10-8-19/h4-13,26H,14-15H2,1-3H3,(H,27,28). The van der Waals surface area contributed by atoms with E-state index in [4.69, 9.17) is 9.47 Å². The van der Waals surface area contributed by atoms with Gasteiger partial charge in [0.2, 0.25) is 0 Å². The van der Waals surface area contributed by atoms with Gasteiger partial charge in [0.25, 0.3) is 5.91 Å². The molecular formula is C24H25BrN2O3. The predicted molar refractivity (Wildman–Crippen MR) is 125 cm³/mol. The van der Waals surface area contributed by atoms with Gasteiger partial charge >= 0.3 is 0 Å². The molecule has 3 rings (SSSR count). The third-order valence-corrected chi connectivity index (χ3v) is 5.23. The molecule has 0 aromatic heterocycles. The Morgan fingerprint density at radius 3 is 2.47 bits per heavy atom. The fourth-order valence-electron chi connectivity index (χ4n) is 2.88. The first kappa shape index (κ1) is 21.7. The van der Waals surface area contributed by atoms with Crippen molar-refractivity contribution in [2.75, 3.05) is 24.4 Å². The Labute approximate surface area is 185 Å². The van der Waals surface area contributed by atoms with E-state index in [1.807, 2.05) is 74.5 Å². The van der Waals surface area contributed by atoms with Crippen LogP contribution in [0.2, 0.25) is 0 Å². The van der Waals surface area contributed by atoms with Crippen LogP contribution in [-0.4, -0.2) is 19.6 Å². The smallest absolute Gasteiger partial charge is 0.262 e. The first-order valence-electron chi connectivity index (χ1n) is 9.61. The monoisotopic (exact) mass is 468 g/mol. The van der Waals surface area contributed by atoms with Gasteiger partial charge in [0.05, 0.1) is 11.6 Å². The summed E-state index contributed by atoms with van der Waals surface area (Å²) >= 11 is 3.53. The number of nitrogens with one attached hydrogen (secondary N) is 2. The minimum Gasteiger partial charge on any atom is -0.497 e. The highest BCUT2D eigenvalue weighted by molar-refractivity contribution is 9.10. The van der Waals surface area contributed by atoms with Crippen molar-refractivity contribution >= 4 is 33.2 Å². The normalized spacial score (nSPS) is 10.4. The quantitative estimate of drug-likeness (QED) is 0.444. The molecule has 0 saturated carbocycles. The Hall–Kier alpha value is -2.99. The second kappa shape index (κ2) is 10.2. The maximum absolute atomic E-state index is 12.3. The molecule has 0 saturated heterocycles. The third-order valence-electron chi connectivity index (χ3n) is 4.61. The minimum absolute atomic E-state index is 0.0601. The molecule has 156 valence electrons. The summed E-state index contributed by atoms with van der Waals surface area (Å²) < 4.78 is 11.7.